The number of nitrogens with zero attached hydrogens (tertiary/aromatic N) is 2. The number of rotatable bonds is 6. The number of hydrogen-bond acceptors (Lipinski definition) is 4. The number of benzene rings is 4. The molecule has 0 fully saturated rings. The largest absolute Gasteiger partial charge is 0.743 e. The Morgan fingerprint density at radius 3 is 2.17 bits per heavy atom. The van der Waals surface area contributed by atoms with Crippen molar-refractivity contribution in [1.82, 2.24) is 0 Å². The molecule has 0 atom stereocenters. The fraction of sp³-hybridized carbons (Fsp3) is 0.244. The highest BCUT2D eigenvalue weighted by Gasteiger charge is 2.46. The van der Waals surface area contributed by atoms with Gasteiger partial charge in [0, 0.05) is 45.7 Å². The molecule has 0 aromatic heterocycles. The molecule has 7 heteroatoms. The highest BCUT2D eigenvalue weighted by molar-refractivity contribution is 7.85. The topological polar surface area (TPSA) is 63.5 Å². The van der Waals surface area contributed by atoms with E-state index in [4.69, 9.17) is 11.6 Å². The molecule has 5 nitrogen and oxygen atoms in total. The molecule has 0 saturated heterocycles. The molecule has 244 valence electrons. The van der Waals surface area contributed by atoms with Gasteiger partial charge in [-0.3, -0.25) is 0 Å². The van der Waals surface area contributed by atoms with Gasteiger partial charge in [0.15, 0.2) is 15.8 Å². The lowest BCUT2D eigenvalue weighted by molar-refractivity contribution is -0.416. The Morgan fingerprint density at radius 2 is 1.50 bits per heavy atom. The van der Waals surface area contributed by atoms with E-state index >= 15 is 0 Å². The van der Waals surface area contributed by atoms with E-state index in [0.29, 0.717) is 5.03 Å². The normalized spacial score (nSPS) is 20.5. The highest BCUT2D eigenvalue weighted by Crippen LogP contribution is 2.51. The molecule has 7 rings (SSSR count). The number of halogens is 1. The maximum atomic E-state index is 12.1. The zero-order valence-corrected chi connectivity index (χ0v) is 29.3. The van der Waals surface area contributed by atoms with Crippen LogP contribution in [-0.2, 0) is 20.9 Å². The molecule has 48 heavy (non-hydrogen) atoms. The second kappa shape index (κ2) is 11.7. The van der Waals surface area contributed by atoms with Crippen LogP contribution in [0.25, 0.3) is 21.5 Å². The first-order valence-electron chi connectivity index (χ1n) is 16.4. The predicted molar refractivity (Wildman–Crippen MR) is 198 cm³/mol. The summed E-state index contributed by atoms with van der Waals surface area (Å²) in [4.78, 5) is 2.18. The molecule has 0 unspecified atom stereocenters. The summed E-state index contributed by atoms with van der Waals surface area (Å²) in [6.07, 6.45) is 12.8. The Kier molecular flexibility index (Phi) is 7.90. The van der Waals surface area contributed by atoms with Crippen molar-refractivity contribution >= 4 is 60.4 Å². The van der Waals surface area contributed by atoms with Crippen molar-refractivity contribution in [1.29, 1.82) is 0 Å². The lowest BCUT2D eigenvalue weighted by atomic mass is 9.79. The average Bonchev–Trinajstić information content (AvgIpc) is 3.40. The Bertz CT molecular complexity index is 2300. The van der Waals surface area contributed by atoms with Crippen molar-refractivity contribution in [3.63, 3.8) is 0 Å². The van der Waals surface area contributed by atoms with Crippen LogP contribution in [0.15, 0.2) is 132 Å². The molecule has 0 spiro atoms. The van der Waals surface area contributed by atoms with E-state index in [0.717, 1.165) is 69.5 Å². The Morgan fingerprint density at radius 1 is 0.854 bits per heavy atom. The molecular weight excluding hydrogens is 636 g/mol. The van der Waals surface area contributed by atoms with Crippen LogP contribution in [0.4, 0.5) is 11.4 Å². The van der Waals surface area contributed by atoms with Crippen molar-refractivity contribution < 1.29 is 17.5 Å². The van der Waals surface area contributed by atoms with Gasteiger partial charge in [-0.15, -0.1) is 0 Å². The lowest BCUT2D eigenvalue weighted by Crippen LogP contribution is -2.29. The minimum absolute atomic E-state index is 0.260. The van der Waals surface area contributed by atoms with E-state index in [1.165, 1.54) is 16.3 Å². The number of fused-ring (bicyclic) bond motifs is 6. The molecule has 0 amide bonds. The fourth-order valence-corrected chi connectivity index (χ4v) is 8.97. The van der Waals surface area contributed by atoms with Crippen molar-refractivity contribution in [3.8, 4) is 0 Å². The van der Waals surface area contributed by atoms with Gasteiger partial charge < -0.3 is 9.45 Å². The van der Waals surface area contributed by atoms with Gasteiger partial charge in [0.25, 0.3) is 0 Å². The van der Waals surface area contributed by atoms with Crippen molar-refractivity contribution in [3.05, 3.63) is 143 Å². The Labute approximate surface area is 288 Å². The summed E-state index contributed by atoms with van der Waals surface area (Å²) in [7, 11) is -4.56. The summed E-state index contributed by atoms with van der Waals surface area (Å²) in [6.45, 7) is 12.8. The van der Waals surface area contributed by atoms with Crippen LogP contribution in [0.3, 0.4) is 0 Å². The standard InChI is InChI=1S/C41H39ClN2O3S/c1-6-43-33-22-18-27-12-7-9-16-31(27)37(33)40(2,3)35(43)24-20-29-14-11-15-30(39(29)42)21-25-36-41(4,5)38-32-17-10-8-13-28(32)19-23-34(38)44(36)26-48(45,46)47/h6-10,12-13,16-25H,1,11,14-15,26H2,2-5H3. The smallest absolute Gasteiger partial charge is 0.237 e. The maximum Gasteiger partial charge on any atom is 0.237 e. The van der Waals surface area contributed by atoms with Crippen LogP contribution >= 0.6 is 11.6 Å². The molecule has 4 aromatic carbocycles. The highest BCUT2D eigenvalue weighted by atomic mass is 35.5. The van der Waals surface area contributed by atoms with E-state index in [-0.39, 0.29) is 5.41 Å². The summed E-state index contributed by atoms with van der Waals surface area (Å²) in [5, 5.41) is 5.28. The van der Waals surface area contributed by atoms with Gasteiger partial charge >= 0.3 is 0 Å². The fourth-order valence-electron chi connectivity index (χ4n) is 8.06. The molecule has 0 N–H and O–H groups in total. The lowest BCUT2D eigenvalue weighted by Gasteiger charge is -2.25. The monoisotopic (exact) mass is 674 g/mol. The summed E-state index contributed by atoms with van der Waals surface area (Å²) < 4.78 is 38.1. The second-order valence-corrected chi connectivity index (χ2v) is 15.7. The van der Waals surface area contributed by atoms with Crippen molar-refractivity contribution in [2.45, 2.75) is 57.8 Å². The van der Waals surface area contributed by atoms with E-state index in [1.54, 1.807) is 4.58 Å². The van der Waals surface area contributed by atoms with Gasteiger partial charge in [0.1, 0.15) is 0 Å². The minimum atomic E-state index is -4.56. The van der Waals surface area contributed by atoms with Gasteiger partial charge in [-0.25, -0.2) is 8.42 Å². The zero-order valence-electron chi connectivity index (χ0n) is 27.8. The van der Waals surface area contributed by atoms with E-state index in [2.05, 4.69) is 93.8 Å². The maximum absolute atomic E-state index is 12.1. The van der Waals surface area contributed by atoms with Crippen LogP contribution < -0.4 is 4.90 Å². The van der Waals surface area contributed by atoms with Crippen LogP contribution in [0.5, 0.6) is 0 Å². The van der Waals surface area contributed by atoms with Crippen LogP contribution in [0.2, 0.25) is 0 Å². The van der Waals surface area contributed by atoms with Crippen LogP contribution in [0.1, 0.15) is 58.1 Å². The molecule has 1 aliphatic carbocycles. The number of hydrogen-bond donors (Lipinski definition) is 0. The first-order valence-corrected chi connectivity index (χ1v) is 18.3. The first-order chi connectivity index (χ1) is 22.8. The van der Waals surface area contributed by atoms with Gasteiger partial charge in [-0.1, -0.05) is 98.8 Å². The molecule has 4 aromatic rings. The van der Waals surface area contributed by atoms with Crippen molar-refractivity contribution in [2.24, 2.45) is 0 Å². The number of allylic oxidation sites excluding steroid dienone is 8. The third kappa shape index (κ3) is 5.27. The van der Waals surface area contributed by atoms with Gasteiger partial charge in [-0.05, 0) is 89.6 Å². The van der Waals surface area contributed by atoms with Gasteiger partial charge in [0.05, 0.1) is 5.41 Å². The van der Waals surface area contributed by atoms with Crippen molar-refractivity contribution in [2.75, 3.05) is 10.8 Å². The van der Waals surface area contributed by atoms with E-state index < -0.39 is 21.4 Å². The molecule has 2 aliphatic heterocycles. The summed E-state index contributed by atoms with van der Waals surface area (Å²) in [5.74, 6) is -0.639. The molecule has 2 heterocycles. The Hall–Kier alpha value is -4.23. The molecule has 3 aliphatic rings. The third-order valence-electron chi connectivity index (χ3n) is 10.3. The Balaban J connectivity index is 1.28. The zero-order chi connectivity index (χ0) is 34.0. The molecule has 0 saturated carbocycles. The predicted octanol–water partition coefficient (Wildman–Crippen LogP) is 9.86. The van der Waals surface area contributed by atoms with Crippen LogP contribution in [-0.4, -0.2) is 29.1 Å². The van der Waals surface area contributed by atoms with E-state index in [1.807, 2.05) is 48.7 Å². The summed E-state index contributed by atoms with van der Waals surface area (Å²) >= 11 is 7.14. The molecular formula is C41H39ClN2O3S. The number of anilines is 1. The summed E-state index contributed by atoms with van der Waals surface area (Å²) in [5.41, 5.74) is 7.30. The average molecular weight is 675 g/mol. The van der Waals surface area contributed by atoms with Gasteiger partial charge in [-0.2, -0.15) is 4.58 Å². The minimum Gasteiger partial charge on any atom is -0.743 e. The van der Waals surface area contributed by atoms with E-state index in [9.17, 15) is 13.0 Å². The first kappa shape index (κ1) is 32.3. The molecule has 0 radical (unpaired) electrons. The molecule has 0 bridgehead atoms. The third-order valence-corrected chi connectivity index (χ3v) is 11.3. The summed E-state index contributed by atoms with van der Waals surface area (Å²) in [6, 6.07) is 24.8. The van der Waals surface area contributed by atoms with Gasteiger partial charge in [0.2, 0.25) is 11.6 Å². The second-order valence-electron chi connectivity index (χ2n) is 13.9. The SMILES string of the molecule is C=CN1/C(=C/C=C2\CCCC(/C=C/C3=[N+](CS(=O)(=O)[O-])c4ccc5ccccc5c4C3(C)C)=C2Cl)C(C)(C)c2c1ccc1ccccc21. The quantitative estimate of drug-likeness (QED) is 0.151. The van der Waals surface area contributed by atoms with Crippen LogP contribution in [0, 0.1) is 0 Å².